The Morgan fingerprint density at radius 1 is 1.40 bits per heavy atom. The number of carbonyl (C=O) groups excluding carboxylic acids is 1. The van der Waals surface area contributed by atoms with Gasteiger partial charge in [0, 0.05) is 36.9 Å². The lowest BCUT2D eigenvalue weighted by molar-refractivity contribution is 0.0939. The number of benzene rings is 1. The van der Waals surface area contributed by atoms with Gasteiger partial charge in [0.25, 0.3) is 5.91 Å². The molecule has 0 unspecified atom stereocenters. The van der Waals surface area contributed by atoms with Crippen LogP contribution in [0, 0.1) is 0 Å². The normalized spacial score (nSPS) is 10.5. The van der Waals surface area contributed by atoms with Crippen LogP contribution in [0.25, 0.3) is 11.3 Å². The van der Waals surface area contributed by atoms with Crippen LogP contribution in [-0.2, 0) is 4.74 Å². The highest BCUT2D eigenvalue weighted by Crippen LogP contribution is 2.22. The zero-order chi connectivity index (χ0) is 14.4. The van der Waals surface area contributed by atoms with Crippen LogP contribution in [0.1, 0.15) is 16.9 Å². The molecule has 0 saturated heterocycles. The number of ether oxygens (including phenoxy) is 1. The summed E-state index contributed by atoms with van der Waals surface area (Å²) in [6, 6.07) is 8.73. The van der Waals surface area contributed by atoms with Crippen molar-refractivity contribution in [2.24, 2.45) is 0 Å². The van der Waals surface area contributed by atoms with E-state index in [9.17, 15) is 4.79 Å². The van der Waals surface area contributed by atoms with Crippen molar-refractivity contribution < 1.29 is 14.1 Å². The predicted molar refractivity (Wildman–Crippen MR) is 75.8 cm³/mol. The van der Waals surface area contributed by atoms with Gasteiger partial charge in [-0.2, -0.15) is 0 Å². The average molecular weight is 295 g/mol. The molecular weight excluding hydrogens is 280 g/mol. The fourth-order valence-electron chi connectivity index (χ4n) is 1.64. The molecule has 6 heteroatoms. The van der Waals surface area contributed by atoms with Crippen LogP contribution in [0.15, 0.2) is 34.9 Å². The number of nitrogens with one attached hydrogen (secondary N) is 1. The Bertz CT molecular complexity index is 566. The first-order chi connectivity index (χ1) is 9.70. The smallest absolute Gasteiger partial charge is 0.273 e. The summed E-state index contributed by atoms with van der Waals surface area (Å²) in [5, 5.41) is 7.15. The molecule has 0 radical (unpaired) electrons. The van der Waals surface area contributed by atoms with Crippen molar-refractivity contribution in [3.05, 3.63) is 41.0 Å². The molecule has 0 aliphatic rings. The lowest BCUT2D eigenvalue weighted by atomic mass is 10.1. The Hall–Kier alpha value is -1.85. The molecule has 1 aromatic carbocycles. The van der Waals surface area contributed by atoms with Gasteiger partial charge in [0.2, 0.25) is 0 Å². The van der Waals surface area contributed by atoms with E-state index in [0.29, 0.717) is 23.9 Å². The highest BCUT2D eigenvalue weighted by molar-refractivity contribution is 6.30. The molecule has 1 N–H and O–H groups in total. The number of hydrogen-bond donors (Lipinski definition) is 1. The Morgan fingerprint density at radius 3 is 2.85 bits per heavy atom. The van der Waals surface area contributed by atoms with Crippen LogP contribution in [0.5, 0.6) is 0 Å². The maximum Gasteiger partial charge on any atom is 0.273 e. The summed E-state index contributed by atoms with van der Waals surface area (Å²) in [5.41, 5.74) is 1.08. The number of carbonyl (C=O) groups is 1. The van der Waals surface area contributed by atoms with Crippen LogP contribution in [0.3, 0.4) is 0 Å². The Balaban J connectivity index is 1.98. The maximum absolute atomic E-state index is 11.8. The minimum atomic E-state index is -0.259. The molecule has 0 spiro atoms. The lowest BCUT2D eigenvalue weighted by Crippen LogP contribution is -2.25. The van der Waals surface area contributed by atoms with Gasteiger partial charge in [-0.1, -0.05) is 16.8 Å². The highest BCUT2D eigenvalue weighted by atomic mass is 35.5. The van der Waals surface area contributed by atoms with Gasteiger partial charge in [-0.15, -0.1) is 0 Å². The fourth-order valence-corrected chi connectivity index (χ4v) is 1.77. The molecule has 106 valence electrons. The Morgan fingerprint density at radius 2 is 2.15 bits per heavy atom. The predicted octanol–water partition coefficient (Wildman–Crippen LogP) is 2.76. The van der Waals surface area contributed by atoms with Gasteiger partial charge in [-0.25, -0.2) is 0 Å². The van der Waals surface area contributed by atoms with E-state index < -0.39 is 0 Å². The minimum Gasteiger partial charge on any atom is -0.385 e. The molecule has 0 aliphatic carbocycles. The van der Waals surface area contributed by atoms with E-state index in [4.69, 9.17) is 20.9 Å². The molecule has 0 atom stereocenters. The summed E-state index contributed by atoms with van der Waals surface area (Å²) >= 11 is 5.82. The largest absolute Gasteiger partial charge is 0.385 e. The molecule has 20 heavy (non-hydrogen) atoms. The van der Waals surface area contributed by atoms with Crippen molar-refractivity contribution in [3.63, 3.8) is 0 Å². The highest BCUT2D eigenvalue weighted by Gasteiger charge is 2.13. The summed E-state index contributed by atoms with van der Waals surface area (Å²) < 4.78 is 10.1. The number of amides is 1. The second-order valence-corrected chi connectivity index (χ2v) is 4.62. The molecule has 0 bridgehead atoms. The third-order valence-corrected chi connectivity index (χ3v) is 2.93. The van der Waals surface area contributed by atoms with E-state index >= 15 is 0 Å². The van der Waals surface area contributed by atoms with Crippen molar-refractivity contribution in [1.29, 1.82) is 0 Å². The van der Waals surface area contributed by atoms with Crippen LogP contribution in [-0.4, -0.2) is 31.3 Å². The molecule has 0 saturated carbocycles. The van der Waals surface area contributed by atoms with Crippen molar-refractivity contribution >= 4 is 17.5 Å². The van der Waals surface area contributed by atoms with E-state index in [1.165, 1.54) is 0 Å². The topological polar surface area (TPSA) is 64.4 Å². The van der Waals surface area contributed by atoms with Crippen molar-refractivity contribution in [2.75, 3.05) is 20.3 Å². The van der Waals surface area contributed by atoms with Gasteiger partial charge in [-0.3, -0.25) is 4.79 Å². The number of aromatic nitrogens is 1. The summed E-state index contributed by atoms with van der Waals surface area (Å²) in [5.74, 6) is 0.272. The summed E-state index contributed by atoms with van der Waals surface area (Å²) in [7, 11) is 1.62. The molecule has 1 aromatic heterocycles. The quantitative estimate of drug-likeness (QED) is 0.832. The van der Waals surface area contributed by atoms with E-state index in [0.717, 1.165) is 12.0 Å². The van der Waals surface area contributed by atoms with Gasteiger partial charge < -0.3 is 14.6 Å². The summed E-state index contributed by atoms with van der Waals surface area (Å²) in [4.78, 5) is 11.8. The fraction of sp³-hybridized carbons (Fsp3) is 0.286. The number of hydrogen-bond acceptors (Lipinski definition) is 4. The second-order valence-electron chi connectivity index (χ2n) is 4.19. The van der Waals surface area contributed by atoms with Crippen molar-refractivity contribution in [3.8, 4) is 11.3 Å². The first kappa shape index (κ1) is 14.6. The number of halogens is 1. The van der Waals surface area contributed by atoms with Crippen molar-refractivity contribution in [1.82, 2.24) is 10.5 Å². The maximum atomic E-state index is 11.8. The third-order valence-electron chi connectivity index (χ3n) is 2.68. The van der Waals surface area contributed by atoms with E-state index in [-0.39, 0.29) is 11.6 Å². The van der Waals surface area contributed by atoms with Crippen LogP contribution in [0.4, 0.5) is 0 Å². The summed E-state index contributed by atoms with van der Waals surface area (Å²) in [6.45, 7) is 1.14. The zero-order valence-electron chi connectivity index (χ0n) is 11.1. The number of rotatable bonds is 6. The van der Waals surface area contributed by atoms with Gasteiger partial charge in [0.1, 0.15) is 0 Å². The molecule has 2 rings (SSSR count). The molecule has 5 nitrogen and oxygen atoms in total. The third kappa shape index (κ3) is 3.82. The van der Waals surface area contributed by atoms with Crippen molar-refractivity contribution in [2.45, 2.75) is 6.42 Å². The Kier molecular flexibility index (Phi) is 5.15. The molecule has 2 aromatic rings. The van der Waals surface area contributed by atoms with Crippen LogP contribution in [0.2, 0.25) is 5.02 Å². The molecule has 0 aliphatic heterocycles. The molecule has 0 fully saturated rings. The number of methoxy groups -OCH3 is 1. The minimum absolute atomic E-state index is 0.257. The van der Waals surface area contributed by atoms with Gasteiger partial charge in [-0.05, 0) is 30.7 Å². The number of nitrogens with zero attached hydrogens (tertiary/aromatic N) is 1. The second kappa shape index (κ2) is 7.07. The first-order valence-corrected chi connectivity index (χ1v) is 6.58. The average Bonchev–Trinajstić information content (AvgIpc) is 2.94. The Labute approximate surface area is 121 Å². The standard InChI is InChI=1S/C14H15ClN2O3/c1-19-8-2-7-16-14(18)12-9-13(20-17-12)10-3-5-11(15)6-4-10/h3-6,9H,2,7-8H2,1H3,(H,16,18). The summed E-state index contributed by atoms with van der Waals surface area (Å²) in [6.07, 6.45) is 0.754. The van der Waals surface area contributed by atoms with Gasteiger partial charge in [0.05, 0.1) is 0 Å². The molecule has 1 heterocycles. The van der Waals surface area contributed by atoms with E-state index in [1.54, 1.807) is 25.3 Å². The SMILES string of the molecule is COCCCNC(=O)c1cc(-c2ccc(Cl)cc2)on1. The van der Waals surface area contributed by atoms with Crippen LogP contribution >= 0.6 is 11.6 Å². The van der Waals surface area contributed by atoms with Gasteiger partial charge in [0.15, 0.2) is 11.5 Å². The first-order valence-electron chi connectivity index (χ1n) is 6.20. The van der Waals surface area contributed by atoms with E-state index in [2.05, 4.69) is 10.5 Å². The molecule has 1 amide bonds. The van der Waals surface area contributed by atoms with Crippen LogP contribution < -0.4 is 5.32 Å². The van der Waals surface area contributed by atoms with Gasteiger partial charge >= 0.3 is 0 Å². The zero-order valence-corrected chi connectivity index (χ0v) is 11.8. The van der Waals surface area contributed by atoms with E-state index in [1.807, 2.05) is 12.1 Å². The monoisotopic (exact) mass is 294 g/mol. The lowest BCUT2D eigenvalue weighted by Gasteiger charge is -2.01. The molecular formula is C14H15ClN2O3.